The van der Waals surface area contributed by atoms with Crippen molar-refractivity contribution < 1.29 is 22.4 Å². The number of carbonyl (C=O) groups excluding carboxylic acids is 2. The molecule has 2 heterocycles. The van der Waals surface area contributed by atoms with Crippen LogP contribution in [0.3, 0.4) is 0 Å². The molecule has 1 fully saturated rings. The number of nitrogens with one attached hydrogen (secondary N) is 3. The van der Waals surface area contributed by atoms with E-state index in [1.54, 1.807) is 36.4 Å². The Morgan fingerprint density at radius 1 is 1.19 bits per heavy atom. The molecule has 9 heteroatoms. The number of anilines is 1. The van der Waals surface area contributed by atoms with Gasteiger partial charge < -0.3 is 20.4 Å². The fraction of sp³-hybridized carbons (Fsp3) is 0.294. The lowest BCUT2D eigenvalue weighted by Gasteiger charge is -2.12. The van der Waals surface area contributed by atoms with Gasteiger partial charge in [0.25, 0.3) is 5.91 Å². The molecule has 1 aliphatic rings. The second-order valence-electron chi connectivity index (χ2n) is 6.04. The van der Waals surface area contributed by atoms with E-state index in [1.165, 1.54) is 6.26 Å². The monoisotopic (exact) mass is 377 g/mol. The van der Waals surface area contributed by atoms with Crippen molar-refractivity contribution in [2.24, 2.45) is 0 Å². The molecule has 138 valence electrons. The number of furan rings is 1. The van der Waals surface area contributed by atoms with Gasteiger partial charge in [0.1, 0.15) is 5.76 Å². The van der Waals surface area contributed by atoms with E-state index in [1.807, 2.05) is 0 Å². The molecule has 1 aromatic carbocycles. The summed E-state index contributed by atoms with van der Waals surface area (Å²) < 4.78 is 28.0. The molecular weight excluding hydrogens is 358 g/mol. The van der Waals surface area contributed by atoms with Crippen LogP contribution in [-0.2, 0) is 16.4 Å². The summed E-state index contributed by atoms with van der Waals surface area (Å²) in [6.45, 7) is 0.264. The molecule has 0 spiro atoms. The third-order valence-electron chi connectivity index (χ3n) is 3.95. The fourth-order valence-corrected chi connectivity index (χ4v) is 4.36. The summed E-state index contributed by atoms with van der Waals surface area (Å²) in [7, 11) is -3.06. The summed E-state index contributed by atoms with van der Waals surface area (Å²) in [6.07, 6.45) is 1.94. The highest BCUT2D eigenvalue weighted by Crippen LogP contribution is 2.13. The van der Waals surface area contributed by atoms with Crippen molar-refractivity contribution in [3.05, 3.63) is 54.0 Å². The van der Waals surface area contributed by atoms with E-state index >= 15 is 0 Å². The van der Waals surface area contributed by atoms with Crippen molar-refractivity contribution in [2.45, 2.75) is 19.0 Å². The number of rotatable bonds is 5. The highest BCUT2D eigenvalue weighted by molar-refractivity contribution is 7.91. The summed E-state index contributed by atoms with van der Waals surface area (Å²) in [4.78, 5) is 24.2. The number of urea groups is 1. The van der Waals surface area contributed by atoms with Crippen LogP contribution < -0.4 is 16.0 Å². The smallest absolute Gasteiger partial charge is 0.319 e. The molecule has 0 bridgehead atoms. The zero-order valence-corrected chi connectivity index (χ0v) is 14.7. The fourth-order valence-electron chi connectivity index (χ4n) is 2.68. The van der Waals surface area contributed by atoms with Crippen molar-refractivity contribution in [2.75, 3.05) is 16.8 Å². The van der Waals surface area contributed by atoms with Gasteiger partial charge >= 0.3 is 6.03 Å². The maximum absolute atomic E-state index is 12.2. The number of amides is 3. The van der Waals surface area contributed by atoms with Gasteiger partial charge in [0.05, 0.1) is 24.3 Å². The molecule has 2 aromatic rings. The first-order valence-corrected chi connectivity index (χ1v) is 9.92. The number of carbonyl (C=O) groups is 2. The van der Waals surface area contributed by atoms with Gasteiger partial charge in [-0.05, 0) is 36.8 Å². The van der Waals surface area contributed by atoms with Gasteiger partial charge in [0, 0.05) is 17.3 Å². The molecule has 0 saturated carbocycles. The Labute approximate surface area is 150 Å². The average Bonchev–Trinajstić information content (AvgIpc) is 3.22. The Bertz CT molecular complexity index is 893. The van der Waals surface area contributed by atoms with Gasteiger partial charge in [0.2, 0.25) is 0 Å². The first-order chi connectivity index (χ1) is 12.4. The van der Waals surface area contributed by atoms with E-state index in [0.29, 0.717) is 23.4 Å². The predicted octanol–water partition coefficient (Wildman–Crippen LogP) is 1.52. The molecule has 26 heavy (non-hydrogen) atoms. The van der Waals surface area contributed by atoms with Gasteiger partial charge in [-0.15, -0.1) is 0 Å². The van der Waals surface area contributed by atoms with Crippen molar-refractivity contribution in [3.8, 4) is 0 Å². The van der Waals surface area contributed by atoms with E-state index < -0.39 is 15.9 Å². The first-order valence-electron chi connectivity index (χ1n) is 8.10. The molecule has 1 aromatic heterocycles. The first kappa shape index (κ1) is 18.0. The molecule has 1 atom stereocenters. The average molecular weight is 377 g/mol. The maximum Gasteiger partial charge on any atom is 0.319 e. The minimum atomic E-state index is -3.06. The minimum Gasteiger partial charge on any atom is -0.467 e. The van der Waals surface area contributed by atoms with Crippen LogP contribution in [0, 0.1) is 0 Å². The second-order valence-corrected chi connectivity index (χ2v) is 8.27. The van der Waals surface area contributed by atoms with E-state index in [-0.39, 0.29) is 30.0 Å². The molecule has 0 radical (unpaired) electrons. The zero-order valence-electron chi connectivity index (χ0n) is 13.9. The van der Waals surface area contributed by atoms with Crippen LogP contribution in [-0.4, -0.2) is 37.9 Å². The van der Waals surface area contributed by atoms with E-state index in [0.717, 1.165) is 0 Å². The van der Waals surface area contributed by atoms with E-state index in [9.17, 15) is 18.0 Å². The normalized spacial score (nSPS) is 18.2. The van der Waals surface area contributed by atoms with Crippen LogP contribution in [0.25, 0.3) is 0 Å². The van der Waals surface area contributed by atoms with Crippen LogP contribution >= 0.6 is 0 Å². The third kappa shape index (κ3) is 4.85. The molecule has 3 amide bonds. The van der Waals surface area contributed by atoms with Gasteiger partial charge in [0.15, 0.2) is 9.84 Å². The van der Waals surface area contributed by atoms with Gasteiger partial charge in [-0.2, -0.15) is 0 Å². The number of hydrogen-bond acceptors (Lipinski definition) is 5. The van der Waals surface area contributed by atoms with Crippen LogP contribution in [0.15, 0.2) is 47.1 Å². The van der Waals surface area contributed by atoms with Crippen LogP contribution in [0.5, 0.6) is 0 Å². The van der Waals surface area contributed by atoms with Gasteiger partial charge in [-0.25, -0.2) is 13.2 Å². The summed E-state index contributed by atoms with van der Waals surface area (Å²) in [5.41, 5.74) is 0.826. The minimum absolute atomic E-state index is 0.0460. The molecule has 0 unspecified atom stereocenters. The largest absolute Gasteiger partial charge is 0.467 e. The summed E-state index contributed by atoms with van der Waals surface area (Å²) in [5, 5.41) is 7.97. The molecule has 8 nitrogen and oxygen atoms in total. The lowest BCUT2D eigenvalue weighted by Crippen LogP contribution is -2.38. The summed E-state index contributed by atoms with van der Waals surface area (Å²) in [6, 6.07) is 9.07. The third-order valence-corrected chi connectivity index (χ3v) is 5.72. The van der Waals surface area contributed by atoms with Crippen LogP contribution in [0.1, 0.15) is 22.5 Å². The van der Waals surface area contributed by atoms with E-state index in [4.69, 9.17) is 4.42 Å². The van der Waals surface area contributed by atoms with Crippen molar-refractivity contribution in [1.82, 2.24) is 10.6 Å². The molecule has 0 aliphatic carbocycles. The second kappa shape index (κ2) is 7.61. The highest BCUT2D eigenvalue weighted by atomic mass is 32.2. The topological polar surface area (TPSA) is 118 Å². The van der Waals surface area contributed by atoms with Crippen molar-refractivity contribution in [1.29, 1.82) is 0 Å². The Kier molecular flexibility index (Phi) is 5.27. The van der Waals surface area contributed by atoms with Gasteiger partial charge in [-0.1, -0.05) is 6.07 Å². The molecular formula is C17H19N3O5S. The SMILES string of the molecule is O=C(Nc1cccc(C(=O)NCc2ccco2)c1)N[C@H]1CCS(=O)(=O)C1. The quantitative estimate of drug-likeness (QED) is 0.730. The van der Waals surface area contributed by atoms with E-state index in [2.05, 4.69) is 16.0 Å². The lowest BCUT2D eigenvalue weighted by atomic mass is 10.2. The molecule has 1 aliphatic heterocycles. The lowest BCUT2D eigenvalue weighted by molar-refractivity contribution is 0.0948. The van der Waals surface area contributed by atoms with Crippen molar-refractivity contribution in [3.63, 3.8) is 0 Å². The number of sulfone groups is 1. The Balaban J connectivity index is 1.55. The summed E-state index contributed by atoms with van der Waals surface area (Å²) in [5.74, 6) is 0.379. The Hall–Kier alpha value is -2.81. The molecule has 3 rings (SSSR count). The predicted molar refractivity (Wildman–Crippen MR) is 95.5 cm³/mol. The zero-order chi connectivity index (χ0) is 18.6. The molecule has 3 N–H and O–H groups in total. The maximum atomic E-state index is 12.2. The number of benzene rings is 1. The van der Waals surface area contributed by atoms with Crippen LogP contribution in [0.4, 0.5) is 10.5 Å². The summed E-state index contributed by atoms with van der Waals surface area (Å²) >= 11 is 0. The molecule has 1 saturated heterocycles. The number of hydrogen-bond donors (Lipinski definition) is 3. The van der Waals surface area contributed by atoms with Gasteiger partial charge in [-0.3, -0.25) is 4.79 Å². The highest BCUT2D eigenvalue weighted by Gasteiger charge is 2.28. The van der Waals surface area contributed by atoms with Crippen molar-refractivity contribution >= 4 is 27.5 Å². The van der Waals surface area contributed by atoms with Crippen LogP contribution in [0.2, 0.25) is 0 Å². The Morgan fingerprint density at radius 2 is 2.04 bits per heavy atom. The standard InChI is InChI=1S/C17H19N3O5S/c21-16(18-10-15-5-2-7-25-15)12-3-1-4-13(9-12)19-17(22)20-14-6-8-26(23,24)11-14/h1-5,7,9,14H,6,8,10-11H2,(H,18,21)(H2,19,20,22)/t14-/m0/s1. The Morgan fingerprint density at radius 3 is 2.73 bits per heavy atom.